The number of allylic oxidation sites excluding steroid dienone is 5. The highest BCUT2D eigenvalue weighted by Gasteiger charge is 2.36. The molecule has 9 rings (SSSR count). The molecule has 0 saturated carbocycles. The quantitative estimate of drug-likeness (QED) is 0.113. The Labute approximate surface area is 332 Å². The van der Waals surface area contributed by atoms with Crippen molar-refractivity contribution >= 4 is 45.7 Å². The van der Waals surface area contributed by atoms with Crippen molar-refractivity contribution in [3.8, 4) is 16.8 Å². The van der Waals surface area contributed by atoms with Gasteiger partial charge in [-0.1, -0.05) is 124 Å². The zero-order valence-electron chi connectivity index (χ0n) is 33.1. The maximum Gasteiger partial charge on any atom is 0.0560 e. The van der Waals surface area contributed by atoms with E-state index in [0.717, 1.165) is 35.2 Å². The molecule has 0 radical (unpaired) electrons. The van der Waals surface area contributed by atoms with Crippen LogP contribution in [0.15, 0.2) is 163 Å². The Morgan fingerprint density at radius 3 is 2.32 bits per heavy atom. The van der Waals surface area contributed by atoms with Crippen molar-refractivity contribution in [2.45, 2.75) is 58.9 Å². The monoisotopic (exact) mass is 727 g/mol. The van der Waals surface area contributed by atoms with E-state index in [0.29, 0.717) is 5.92 Å². The van der Waals surface area contributed by atoms with Crippen LogP contribution in [0.1, 0.15) is 74.6 Å². The number of aromatic nitrogens is 1. The molecular weight excluding hydrogens is 679 g/mol. The molecule has 6 aromatic rings. The van der Waals surface area contributed by atoms with Gasteiger partial charge in [0, 0.05) is 57.1 Å². The van der Waals surface area contributed by atoms with E-state index in [4.69, 9.17) is 0 Å². The Morgan fingerprint density at radius 1 is 0.821 bits per heavy atom. The van der Waals surface area contributed by atoms with E-state index in [1.54, 1.807) is 0 Å². The summed E-state index contributed by atoms with van der Waals surface area (Å²) in [7, 11) is 0. The molecule has 3 aliphatic carbocycles. The van der Waals surface area contributed by atoms with E-state index in [-0.39, 0.29) is 11.5 Å². The summed E-state index contributed by atoms with van der Waals surface area (Å²) in [6, 6.07) is 42.9. The third-order valence-electron chi connectivity index (χ3n) is 12.1. The van der Waals surface area contributed by atoms with Gasteiger partial charge in [0.2, 0.25) is 0 Å². The van der Waals surface area contributed by atoms with Crippen LogP contribution in [-0.2, 0) is 11.8 Å². The summed E-state index contributed by atoms with van der Waals surface area (Å²) in [6.07, 6.45) is 17.5. The smallest absolute Gasteiger partial charge is 0.0560 e. The van der Waals surface area contributed by atoms with E-state index in [1.165, 1.54) is 66.9 Å². The molecule has 0 fully saturated rings. The number of hydrogen-bond acceptors (Lipinski definition) is 2. The first-order valence-corrected chi connectivity index (χ1v) is 20.0. The molecule has 0 bridgehead atoms. The standard InChI is InChI=1S/C53H49N3/c1-7-54-34-48(35(2)3)38-20-25-42(26-21-38)55(43-27-29-45-44-15-11-12-16-49(44)53(5,6)50(45)33-43)41-23-18-37(19-24-41)39-22-30-51-47(32-39)46-28-17-36(4)31-52(46)56(51)40-13-9-8-10-14-40/h7-23,25-30,32-34,36,41H,2,24,31H2,1,3-6H3/b48-34+,54-7-. The van der Waals surface area contributed by atoms with E-state index < -0.39 is 0 Å². The molecule has 5 aromatic carbocycles. The van der Waals surface area contributed by atoms with Gasteiger partial charge in [0.1, 0.15) is 0 Å². The van der Waals surface area contributed by atoms with Crippen LogP contribution in [0.2, 0.25) is 0 Å². The number of benzene rings is 5. The van der Waals surface area contributed by atoms with Crippen LogP contribution in [0.3, 0.4) is 0 Å². The maximum atomic E-state index is 4.42. The molecule has 0 N–H and O–H groups in total. The van der Waals surface area contributed by atoms with Crippen molar-refractivity contribution in [2.75, 3.05) is 4.90 Å². The molecule has 1 heterocycles. The summed E-state index contributed by atoms with van der Waals surface area (Å²) in [5.74, 6) is 0.515. The van der Waals surface area contributed by atoms with Crippen LogP contribution in [-0.4, -0.2) is 16.8 Å². The van der Waals surface area contributed by atoms with E-state index in [1.807, 2.05) is 26.3 Å². The van der Waals surface area contributed by atoms with Crippen molar-refractivity contribution in [3.63, 3.8) is 0 Å². The number of hydrogen-bond donors (Lipinski definition) is 0. The predicted molar refractivity (Wildman–Crippen MR) is 240 cm³/mol. The lowest BCUT2D eigenvalue weighted by Gasteiger charge is -2.34. The number of rotatable bonds is 8. The Hall–Kier alpha value is -6.19. The fourth-order valence-electron chi connectivity index (χ4n) is 9.21. The molecular formula is C53H49N3. The highest BCUT2D eigenvalue weighted by molar-refractivity contribution is 5.96. The zero-order chi connectivity index (χ0) is 38.6. The van der Waals surface area contributed by atoms with Gasteiger partial charge in [-0.05, 0) is 126 Å². The van der Waals surface area contributed by atoms with Gasteiger partial charge in [-0.15, -0.1) is 0 Å². The van der Waals surface area contributed by atoms with Gasteiger partial charge in [-0.25, -0.2) is 0 Å². The fourth-order valence-corrected chi connectivity index (χ4v) is 9.21. The average Bonchev–Trinajstić information content (AvgIpc) is 3.66. The second kappa shape index (κ2) is 14.1. The Morgan fingerprint density at radius 2 is 1.57 bits per heavy atom. The molecule has 0 saturated heterocycles. The molecule has 2 atom stereocenters. The van der Waals surface area contributed by atoms with E-state index in [9.17, 15) is 0 Å². The van der Waals surface area contributed by atoms with E-state index in [2.05, 4.69) is 187 Å². The molecule has 56 heavy (non-hydrogen) atoms. The molecule has 0 spiro atoms. The summed E-state index contributed by atoms with van der Waals surface area (Å²) in [6.45, 7) is 15.3. The molecule has 3 aliphatic rings. The zero-order valence-corrected chi connectivity index (χ0v) is 33.1. The molecule has 3 nitrogen and oxygen atoms in total. The topological polar surface area (TPSA) is 20.5 Å². The van der Waals surface area contributed by atoms with Crippen LogP contribution in [0.5, 0.6) is 0 Å². The minimum absolute atomic E-state index is 0.0849. The highest BCUT2D eigenvalue weighted by Crippen LogP contribution is 2.50. The summed E-state index contributed by atoms with van der Waals surface area (Å²) in [5.41, 5.74) is 18.6. The molecule has 0 amide bonds. The second-order valence-corrected chi connectivity index (χ2v) is 16.2. The Balaban J connectivity index is 1.09. The summed E-state index contributed by atoms with van der Waals surface area (Å²) >= 11 is 0. The van der Waals surface area contributed by atoms with Crippen LogP contribution < -0.4 is 4.90 Å². The predicted octanol–water partition coefficient (Wildman–Crippen LogP) is 13.7. The van der Waals surface area contributed by atoms with Crippen molar-refractivity contribution < 1.29 is 0 Å². The molecule has 3 heteroatoms. The third-order valence-corrected chi connectivity index (χ3v) is 12.1. The van der Waals surface area contributed by atoms with Crippen molar-refractivity contribution in [1.82, 2.24) is 4.57 Å². The lowest BCUT2D eigenvalue weighted by Crippen LogP contribution is -2.30. The van der Waals surface area contributed by atoms with Gasteiger partial charge < -0.3 is 9.47 Å². The lowest BCUT2D eigenvalue weighted by atomic mass is 9.82. The summed E-state index contributed by atoms with van der Waals surface area (Å²) in [4.78, 5) is 6.94. The second-order valence-electron chi connectivity index (χ2n) is 16.2. The lowest BCUT2D eigenvalue weighted by molar-refractivity contribution is 0.659. The number of anilines is 2. The SMILES string of the molecule is C=C(C)/C(=C\N=C/C)c1ccc(N(c2ccc3c(c2)C(C)(C)c2ccccc2-3)C2C=CC(c3ccc4c(c3)c3c(n4-c4ccccc4)CC(C)C=C3)=CC2)cc1. The number of para-hydroxylation sites is 1. The number of aliphatic imine (C=N–C) groups is 1. The highest BCUT2D eigenvalue weighted by atomic mass is 15.2. The normalized spacial score (nSPS) is 18.2. The van der Waals surface area contributed by atoms with Gasteiger partial charge in [0.15, 0.2) is 0 Å². The van der Waals surface area contributed by atoms with Crippen molar-refractivity contribution in [1.29, 1.82) is 0 Å². The summed E-state index contributed by atoms with van der Waals surface area (Å²) < 4.78 is 2.47. The van der Waals surface area contributed by atoms with Crippen LogP contribution >= 0.6 is 0 Å². The van der Waals surface area contributed by atoms with Crippen LogP contribution in [0, 0.1) is 5.92 Å². The van der Waals surface area contributed by atoms with Gasteiger partial charge in [0.05, 0.1) is 11.6 Å². The van der Waals surface area contributed by atoms with Crippen molar-refractivity contribution in [2.24, 2.45) is 10.9 Å². The van der Waals surface area contributed by atoms with Gasteiger partial charge in [0.25, 0.3) is 0 Å². The summed E-state index contributed by atoms with van der Waals surface area (Å²) in [5, 5.41) is 1.32. The maximum absolute atomic E-state index is 4.42. The number of fused-ring (bicyclic) bond motifs is 6. The van der Waals surface area contributed by atoms with Crippen LogP contribution in [0.4, 0.5) is 11.4 Å². The first-order chi connectivity index (χ1) is 27.2. The number of nitrogens with zero attached hydrogens (tertiary/aromatic N) is 3. The van der Waals surface area contributed by atoms with Gasteiger partial charge >= 0.3 is 0 Å². The van der Waals surface area contributed by atoms with Crippen LogP contribution in [0.25, 0.3) is 44.9 Å². The Bertz CT molecular complexity index is 2660. The largest absolute Gasteiger partial charge is 0.334 e. The minimum Gasteiger partial charge on any atom is -0.334 e. The van der Waals surface area contributed by atoms with Gasteiger partial charge in [-0.2, -0.15) is 0 Å². The fraction of sp³-hybridized carbons (Fsp3) is 0.189. The average molecular weight is 728 g/mol. The first-order valence-electron chi connectivity index (χ1n) is 20.0. The van der Waals surface area contributed by atoms with Gasteiger partial charge in [-0.3, -0.25) is 4.99 Å². The Kier molecular flexibility index (Phi) is 8.97. The molecule has 276 valence electrons. The van der Waals surface area contributed by atoms with E-state index >= 15 is 0 Å². The first kappa shape index (κ1) is 35.5. The molecule has 0 aliphatic heterocycles. The third kappa shape index (κ3) is 6.03. The minimum atomic E-state index is -0.0849. The molecule has 1 aromatic heterocycles. The van der Waals surface area contributed by atoms with Crippen molar-refractivity contribution in [3.05, 3.63) is 191 Å². The molecule has 2 unspecified atom stereocenters.